The van der Waals surface area contributed by atoms with Gasteiger partial charge in [0, 0.05) is 12.7 Å². The zero-order valence-electron chi connectivity index (χ0n) is 16.9. The SMILES string of the molecule is COc1nc(C(=O)NCc2cccc(-c3ccccc3)c2)ccc1-n1cnc(C)c1. The molecule has 150 valence electrons. The number of nitrogens with zero attached hydrogens (tertiary/aromatic N) is 3. The predicted molar refractivity (Wildman–Crippen MR) is 116 cm³/mol. The van der Waals surface area contributed by atoms with Gasteiger partial charge in [-0.15, -0.1) is 0 Å². The number of pyridine rings is 1. The topological polar surface area (TPSA) is 69.0 Å². The number of imidazole rings is 1. The largest absolute Gasteiger partial charge is 0.479 e. The fraction of sp³-hybridized carbons (Fsp3) is 0.125. The Balaban J connectivity index is 1.48. The molecule has 2 aromatic heterocycles. The minimum atomic E-state index is -0.258. The molecule has 0 atom stereocenters. The van der Waals surface area contributed by atoms with Crippen LogP contribution in [-0.4, -0.2) is 27.6 Å². The fourth-order valence-corrected chi connectivity index (χ4v) is 3.22. The first kappa shape index (κ1) is 19.4. The van der Waals surface area contributed by atoms with Crippen molar-refractivity contribution in [1.29, 1.82) is 0 Å². The molecule has 6 nitrogen and oxygen atoms in total. The Morgan fingerprint density at radius 2 is 1.83 bits per heavy atom. The van der Waals surface area contributed by atoms with Gasteiger partial charge in [0.2, 0.25) is 5.88 Å². The molecular weight excluding hydrogens is 376 g/mol. The summed E-state index contributed by atoms with van der Waals surface area (Å²) in [5.74, 6) is 0.109. The number of benzene rings is 2. The molecule has 0 fully saturated rings. The molecule has 0 saturated heterocycles. The summed E-state index contributed by atoms with van der Waals surface area (Å²) in [6.07, 6.45) is 3.56. The summed E-state index contributed by atoms with van der Waals surface area (Å²) in [7, 11) is 1.53. The maximum Gasteiger partial charge on any atom is 0.270 e. The van der Waals surface area contributed by atoms with E-state index in [1.807, 2.05) is 48.0 Å². The van der Waals surface area contributed by atoms with Crippen LogP contribution >= 0.6 is 0 Å². The molecule has 30 heavy (non-hydrogen) atoms. The second-order valence-electron chi connectivity index (χ2n) is 6.90. The van der Waals surface area contributed by atoms with Crippen molar-refractivity contribution in [2.45, 2.75) is 13.5 Å². The third kappa shape index (κ3) is 4.22. The van der Waals surface area contributed by atoms with E-state index in [4.69, 9.17) is 4.74 Å². The maximum atomic E-state index is 12.6. The number of nitrogens with one attached hydrogen (secondary N) is 1. The van der Waals surface area contributed by atoms with Gasteiger partial charge < -0.3 is 14.6 Å². The Kier molecular flexibility index (Phi) is 5.57. The molecule has 0 unspecified atom stereocenters. The second-order valence-corrected chi connectivity index (χ2v) is 6.90. The van der Waals surface area contributed by atoms with Crippen LogP contribution in [0.2, 0.25) is 0 Å². The van der Waals surface area contributed by atoms with Crippen LogP contribution in [0.5, 0.6) is 5.88 Å². The van der Waals surface area contributed by atoms with E-state index >= 15 is 0 Å². The van der Waals surface area contributed by atoms with Gasteiger partial charge in [0.25, 0.3) is 5.91 Å². The highest BCUT2D eigenvalue weighted by Crippen LogP contribution is 2.22. The number of methoxy groups -OCH3 is 1. The molecular formula is C24H22N4O2. The van der Waals surface area contributed by atoms with E-state index in [-0.39, 0.29) is 5.91 Å². The van der Waals surface area contributed by atoms with Gasteiger partial charge in [-0.05, 0) is 41.8 Å². The van der Waals surface area contributed by atoms with E-state index in [0.29, 0.717) is 18.1 Å². The summed E-state index contributed by atoms with van der Waals surface area (Å²) in [6, 6.07) is 21.8. The van der Waals surface area contributed by atoms with Crippen molar-refractivity contribution >= 4 is 5.91 Å². The first-order valence-corrected chi connectivity index (χ1v) is 9.62. The summed E-state index contributed by atoms with van der Waals surface area (Å²) in [6.45, 7) is 2.32. The molecule has 2 aromatic carbocycles. The van der Waals surface area contributed by atoms with Crippen molar-refractivity contribution < 1.29 is 9.53 Å². The minimum Gasteiger partial charge on any atom is -0.479 e. The Morgan fingerprint density at radius 1 is 1.03 bits per heavy atom. The number of hydrogen-bond donors (Lipinski definition) is 1. The summed E-state index contributed by atoms with van der Waals surface area (Å²) in [5.41, 5.74) is 5.18. The minimum absolute atomic E-state index is 0.258. The molecule has 4 aromatic rings. The van der Waals surface area contributed by atoms with Gasteiger partial charge in [-0.25, -0.2) is 9.97 Å². The Morgan fingerprint density at radius 3 is 2.57 bits per heavy atom. The van der Waals surface area contributed by atoms with Crippen molar-refractivity contribution in [3.8, 4) is 22.7 Å². The molecule has 0 radical (unpaired) electrons. The number of carbonyl (C=O) groups is 1. The molecule has 0 spiro atoms. The number of amides is 1. The van der Waals surface area contributed by atoms with Crippen LogP contribution in [0.1, 0.15) is 21.7 Å². The van der Waals surface area contributed by atoms with Gasteiger partial charge in [0.1, 0.15) is 11.4 Å². The third-order valence-electron chi connectivity index (χ3n) is 4.74. The van der Waals surface area contributed by atoms with E-state index in [9.17, 15) is 4.79 Å². The number of ether oxygens (including phenoxy) is 1. The lowest BCUT2D eigenvalue weighted by Crippen LogP contribution is -2.24. The standard InChI is InChI=1S/C24H22N4O2/c1-17-15-28(16-26-17)22-12-11-21(27-24(22)30-2)23(29)25-14-18-7-6-10-20(13-18)19-8-4-3-5-9-19/h3-13,15-16H,14H2,1-2H3,(H,25,29). The molecule has 6 heteroatoms. The molecule has 1 N–H and O–H groups in total. The summed E-state index contributed by atoms with van der Waals surface area (Å²) >= 11 is 0. The number of carbonyl (C=O) groups excluding carboxylic acids is 1. The zero-order valence-corrected chi connectivity index (χ0v) is 16.9. The summed E-state index contributed by atoms with van der Waals surface area (Å²) in [4.78, 5) is 21.2. The average Bonchev–Trinajstić information content (AvgIpc) is 3.23. The van der Waals surface area contributed by atoms with E-state index in [2.05, 4.69) is 39.6 Å². The van der Waals surface area contributed by atoms with E-state index in [1.54, 1.807) is 18.5 Å². The lowest BCUT2D eigenvalue weighted by atomic mass is 10.0. The van der Waals surface area contributed by atoms with Crippen molar-refractivity contribution in [3.05, 3.63) is 96.2 Å². The second kappa shape index (κ2) is 8.61. The lowest BCUT2D eigenvalue weighted by Gasteiger charge is -2.11. The number of hydrogen-bond acceptors (Lipinski definition) is 4. The molecule has 1 amide bonds. The van der Waals surface area contributed by atoms with Crippen LogP contribution < -0.4 is 10.1 Å². The van der Waals surface area contributed by atoms with Crippen LogP contribution in [0.4, 0.5) is 0 Å². The van der Waals surface area contributed by atoms with Crippen LogP contribution in [0, 0.1) is 6.92 Å². The summed E-state index contributed by atoms with van der Waals surface area (Å²) < 4.78 is 7.21. The molecule has 0 bridgehead atoms. The first-order valence-electron chi connectivity index (χ1n) is 9.62. The van der Waals surface area contributed by atoms with Gasteiger partial charge in [-0.1, -0.05) is 48.5 Å². The number of aryl methyl sites for hydroxylation is 1. The first-order chi connectivity index (χ1) is 14.6. The third-order valence-corrected chi connectivity index (χ3v) is 4.74. The quantitative estimate of drug-likeness (QED) is 0.529. The smallest absolute Gasteiger partial charge is 0.270 e. The highest BCUT2D eigenvalue weighted by Gasteiger charge is 2.13. The van der Waals surface area contributed by atoms with E-state index in [0.717, 1.165) is 28.1 Å². The normalized spacial score (nSPS) is 10.6. The number of aromatic nitrogens is 3. The van der Waals surface area contributed by atoms with Gasteiger partial charge in [-0.2, -0.15) is 0 Å². The molecule has 0 saturated carbocycles. The maximum absolute atomic E-state index is 12.6. The molecule has 2 heterocycles. The van der Waals surface area contributed by atoms with Crippen molar-refractivity contribution in [1.82, 2.24) is 19.9 Å². The lowest BCUT2D eigenvalue weighted by molar-refractivity contribution is 0.0945. The van der Waals surface area contributed by atoms with Crippen molar-refractivity contribution in [2.75, 3.05) is 7.11 Å². The Bertz CT molecular complexity index is 1170. The highest BCUT2D eigenvalue weighted by molar-refractivity contribution is 5.92. The van der Waals surface area contributed by atoms with Gasteiger partial charge in [-0.3, -0.25) is 4.79 Å². The summed E-state index contributed by atoms with van der Waals surface area (Å²) in [5, 5.41) is 2.93. The van der Waals surface area contributed by atoms with Crippen LogP contribution in [0.3, 0.4) is 0 Å². The highest BCUT2D eigenvalue weighted by atomic mass is 16.5. The fourth-order valence-electron chi connectivity index (χ4n) is 3.22. The van der Waals surface area contributed by atoms with Gasteiger partial charge >= 0.3 is 0 Å². The van der Waals surface area contributed by atoms with Crippen LogP contribution in [0.25, 0.3) is 16.8 Å². The monoisotopic (exact) mass is 398 g/mol. The predicted octanol–water partition coefficient (Wildman–Crippen LogP) is 4.18. The van der Waals surface area contributed by atoms with Crippen LogP contribution in [0.15, 0.2) is 79.3 Å². The molecule has 0 aliphatic rings. The molecule has 4 rings (SSSR count). The Hall–Kier alpha value is -3.93. The van der Waals surface area contributed by atoms with Crippen molar-refractivity contribution in [3.63, 3.8) is 0 Å². The van der Waals surface area contributed by atoms with Crippen LogP contribution in [-0.2, 0) is 6.54 Å². The van der Waals surface area contributed by atoms with E-state index < -0.39 is 0 Å². The van der Waals surface area contributed by atoms with Crippen molar-refractivity contribution in [2.24, 2.45) is 0 Å². The molecule has 0 aliphatic carbocycles. The van der Waals surface area contributed by atoms with Gasteiger partial charge in [0.05, 0.1) is 19.1 Å². The molecule has 0 aliphatic heterocycles. The zero-order chi connectivity index (χ0) is 20.9. The van der Waals surface area contributed by atoms with Gasteiger partial charge in [0.15, 0.2) is 0 Å². The van der Waals surface area contributed by atoms with E-state index in [1.165, 1.54) is 7.11 Å². The average molecular weight is 398 g/mol. The Labute approximate surface area is 175 Å². The number of rotatable bonds is 6.